The van der Waals surface area contributed by atoms with Crippen LogP contribution >= 0.6 is 0 Å². The van der Waals surface area contributed by atoms with E-state index in [1.54, 1.807) is 31.3 Å². The number of nitrogens with one attached hydrogen (secondary N) is 2. The fraction of sp³-hybridized carbons (Fsp3) is 0.300. The normalized spacial score (nSPS) is 16.1. The lowest BCUT2D eigenvalue weighted by molar-refractivity contribution is -0.115. The first-order valence-electron chi connectivity index (χ1n) is 8.55. The van der Waals surface area contributed by atoms with Crippen LogP contribution in [0.5, 0.6) is 0 Å². The van der Waals surface area contributed by atoms with Crippen LogP contribution in [0.2, 0.25) is 0 Å². The van der Waals surface area contributed by atoms with Gasteiger partial charge in [0.15, 0.2) is 0 Å². The number of carbonyl (C=O) groups is 2. The summed E-state index contributed by atoms with van der Waals surface area (Å²) in [5, 5.41) is 5.49. The second-order valence-corrected chi connectivity index (χ2v) is 6.35. The molecule has 0 aromatic heterocycles. The standard InChI is InChI=1S/C20H23N3O2/c1-14-7-8-15-5-3-4-6-18(15)23(14)13-19(24)22-17-11-9-16(10-12-17)20(25)21-2/h3-6,9-12,14H,7-8,13H2,1-2H3,(H,21,25)(H,22,24)/t14-/m1/s1. The van der Waals surface area contributed by atoms with E-state index in [1.165, 1.54) is 5.56 Å². The van der Waals surface area contributed by atoms with Gasteiger partial charge in [-0.1, -0.05) is 18.2 Å². The number of carbonyl (C=O) groups excluding carboxylic acids is 2. The Morgan fingerprint density at radius 1 is 1.12 bits per heavy atom. The summed E-state index contributed by atoms with van der Waals surface area (Å²) in [7, 11) is 1.59. The van der Waals surface area contributed by atoms with E-state index in [1.807, 2.05) is 12.1 Å². The summed E-state index contributed by atoms with van der Waals surface area (Å²) in [6.45, 7) is 2.47. The predicted molar refractivity (Wildman–Crippen MR) is 100 cm³/mol. The molecular formula is C20H23N3O2. The van der Waals surface area contributed by atoms with Gasteiger partial charge >= 0.3 is 0 Å². The monoisotopic (exact) mass is 337 g/mol. The largest absolute Gasteiger partial charge is 0.359 e. The van der Waals surface area contributed by atoms with Crippen molar-refractivity contribution in [3.8, 4) is 0 Å². The number of amides is 2. The van der Waals surface area contributed by atoms with Crippen LogP contribution in [0.4, 0.5) is 11.4 Å². The molecule has 0 spiro atoms. The third-order valence-electron chi connectivity index (χ3n) is 4.64. The van der Waals surface area contributed by atoms with Gasteiger partial charge in [0, 0.05) is 30.0 Å². The van der Waals surface area contributed by atoms with Crippen LogP contribution in [0, 0.1) is 0 Å². The molecule has 3 rings (SSSR count). The lowest BCUT2D eigenvalue weighted by Crippen LogP contribution is -2.42. The van der Waals surface area contributed by atoms with Crippen LogP contribution in [0.15, 0.2) is 48.5 Å². The van der Waals surface area contributed by atoms with E-state index >= 15 is 0 Å². The zero-order valence-electron chi connectivity index (χ0n) is 14.6. The van der Waals surface area contributed by atoms with E-state index in [4.69, 9.17) is 0 Å². The van der Waals surface area contributed by atoms with Crippen molar-refractivity contribution in [2.75, 3.05) is 23.8 Å². The maximum absolute atomic E-state index is 12.5. The molecule has 0 fully saturated rings. The predicted octanol–water partition coefficient (Wildman–Crippen LogP) is 2.83. The molecule has 0 unspecified atom stereocenters. The molecule has 1 aliphatic rings. The molecule has 130 valence electrons. The van der Waals surface area contributed by atoms with Gasteiger partial charge in [0.2, 0.25) is 5.91 Å². The van der Waals surface area contributed by atoms with Gasteiger partial charge in [0.25, 0.3) is 5.91 Å². The van der Waals surface area contributed by atoms with Gasteiger partial charge in [-0.2, -0.15) is 0 Å². The highest BCUT2D eigenvalue weighted by atomic mass is 16.2. The fourth-order valence-corrected chi connectivity index (χ4v) is 3.21. The number of rotatable bonds is 4. The summed E-state index contributed by atoms with van der Waals surface area (Å²) in [5.74, 6) is -0.201. The summed E-state index contributed by atoms with van der Waals surface area (Å²) in [6, 6.07) is 15.5. The molecule has 1 heterocycles. The third kappa shape index (κ3) is 3.82. The van der Waals surface area contributed by atoms with E-state index in [0.29, 0.717) is 23.8 Å². The van der Waals surface area contributed by atoms with Crippen molar-refractivity contribution in [2.45, 2.75) is 25.8 Å². The van der Waals surface area contributed by atoms with Crippen molar-refractivity contribution in [3.63, 3.8) is 0 Å². The molecule has 5 heteroatoms. The first-order chi connectivity index (χ1) is 12.1. The molecule has 25 heavy (non-hydrogen) atoms. The molecule has 5 nitrogen and oxygen atoms in total. The highest BCUT2D eigenvalue weighted by Gasteiger charge is 2.24. The molecule has 0 saturated carbocycles. The molecule has 1 atom stereocenters. The van der Waals surface area contributed by atoms with Crippen molar-refractivity contribution < 1.29 is 9.59 Å². The molecule has 2 aromatic rings. The van der Waals surface area contributed by atoms with Crippen LogP contribution in [0.25, 0.3) is 0 Å². The van der Waals surface area contributed by atoms with Gasteiger partial charge in [0.05, 0.1) is 6.54 Å². The van der Waals surface area contributed by atoms with Gasteiger partial charge in [-0.15, -0.1) is 0 Å². The first kappa shape index (κ1) is 17.0. The van der Waals surface area contributed by atoms with Gasteiger partial charge in [-0.05, 0) is 55.7 Å². The number of hydrogen-bond donors (Lipinski definition) is 2. The Morgan fingerprint density at radius 2 is 1.84 bits per heavy atom. The Labute approximate surface area is 148 Å². The quantitative estimate of drug-likeness (QED) is 0.902. The Morgan fingerprint density at radius 3 is 2.56 bits per heavy atom. The van der Waals surface area contributed by atoms with E-state index in [2.05, 4.69) is 34.6 Å². The lowest BCUT2D eigenvalue weighted by atomic mass is 9.96. The van der Waals surface area contributed by atoms with Gasteiger partial charge in [-0.25, -0.2) is 0 Å². The number of nitrogens with zero attached hydrogens (tertiary/aromatic N) is 1. The number of benzene rings is 2. The third-order valence-corrected chi connectivity index (χ3v) is 4.64. The average Bonchev–Trinajstić information content (AvgIpc) is 2.64. The molecule has 0 aliphatic carbocycles. The minimum Gasteiger partial charge on any atom is -0.359 e. The molecule has 0 radical (unpaired) electrons. The highest BCUT2D eigenvalue weighted by Crippen LogP contribution is 2.30. The molecule has 2 aromatic carbocycles. The fourth-order valence-electron chi connectivity index (χ4n) is 3.21. The van der Waals surface area contributed by atoms with Crippen LogP contribution in [-0.2, 0) is 11.2 Å². The Bertz CT molecular complexity index is 771. The van der Waals surface area contributed by atoms with Gasteiger partial charge in [0.1, 0.15) is 0 Å². The van der Waals surface area contributed by atoms with Gasteiger partial charge in [-0.3, -0.25) is 9.59 Å². The average molecular weight is 337 g/mol. The molecule has 1 aliphatic heterocycles. The topological polar surface area (TPSA) is 61.4 Å². The number of aryl methyl sites for hydroxylation is 1. The highest BCUT2D eigenvalue weighted by molar-refractivity contribution is 5.96. The Balaban J connectivity index is 1.67. The van der Waals surface area contributed by atoms with Crippen LogP contribution in [-0.4, -0.2) is 31.4 Å². The van der Waals surface area contributed by atoms with Crippen LogP contribution < -0.4 is 15.5 Å². The maximum atomic E-state index is 12.5. The minimum absolute atomic E-state index is 0.0590. The summed E-state index contributed by atoms with van der Waals surface area (Å²) < 4.78 is 0. The van der Waals surface area contributed by atoms with E-state index in [9.17, 15) is 9.59 Å². The number of anilines is 2. The van der Waals surface area contributed by atoms with Crippen molar-refractivity contribution in [2.24, 2.45) is 0 Å². The zero-order chi connectivity index (χ0) is 17.8. The van der Waals surface area contributed by atoms with Crippen LogP contribution in [0.3, 0.4) is 0 Å². The molecule has 0 bridgehead atoms. The second-order valence-electron chi connectivity index (χ2n) is 6.35. The zero-order valence-corrected chi connectivity index (χ0v) is 14.6. The molecule has 2 N–H and O–H groups in total. The Hall–Kier alpha value is -2.82. The number of fused-ring (bicyclic) bond motifs is 1. The summed E-state index contributed by atoms with van der Waals surface area (Å²) in [6.07, 6.45) is 2.10. The number of para-hydroxylation sites is 1. The van der Waals surface area contributed by atoms with E-state index in [-0.39, 0.29) is 11.8 Å². The van der Waals surface area contributed by atoms with E-state index in [0.717, 1.165) is 18.5 Å². The second kappa shape index (κ2) is 7.38. The lowest BCUT2D eigenvalue weighted by Gasteiger charge is -2.36. The summed E-state index contributed by atoms with van der Waals surface area (Å²) >= 11 is 0. The summed E-state index contributed by atoms with van der Waals surface area (Å²) in [5.41, 5.74) is 3.70. The minimum atomic E-state index is -0.142. The molecule has 2 amide bonds. The van der Waals surface area contributed by atoms with Crippen LogP contribution in [0.1, 0.15) is 29.3 Å². The summed E-state index contributed by atoms with van der Waals surface area (Å²) in [4.78, 5) is 26.2. The van der Waals surface area contributed by atoms with Crippen molar-refractivity contribution in [3.05, 3.63) is 59.7 Å². The van der Waals surface area contributed by atoms with Gasteiger partial charge < -0.3 is 15.5 Å². The molecule has 0 saturated heterocycles. The first-order valence-corrected chi connectivity index (χ1v) is 8.55. The SMILES string of the molecule is CNC(=O)c1ccc(NC(=O)CN2c3ccccc3CC[C@H]2C)cc1. The maximum Gasteiger partial charge on any atom is 0.251 e. The van der Waals surface area contributed by atoms with E-state index < -0.39 is 0 Å². The molecular weight excluding hydrogens is 314 g/mol. The van der Waals surface area contributed by atoms with Crippen molar-refractivity contribution >= 4 is 23.2 Å². The van der Waals surface area contributed by atoms with Crippen molar-refractivity contribution in [1.82, 2.24) is 5.32 Å². The number of hydrogen-bond acceptors (Lipinski definition) is 3. The smallest absolute Gasteiger partial charge is 0.251 e. The van der Waals surface area contributed by atoms with Crippen molar-refractivity contribution in [1.29, 1.82) is 0 Å². The Kier molecular flexibility index (Phi) is 5.03.